The Kier molecular flexibility index (Phi) is 6.44. The number of piperazine rings is 1. The third kappa shape index (κ3) is 5.83. The van der Waals surface area contributed by atoms with Gasteiger partial charge in [-0.25, -0.2) is 9.59 Å². The molecule has 1 fully saturated rings. The molecule has 2 heterocycles. The van der Waals surface area contributed by atoms with Gasteiger partial charge in [0, 0.05) is 44.5 Å². The highest BCUT2D eigenvalue weighted by Crippen LogP contribution is 2.33. The van der Waals surface area contributed by atoms with Gasteiger partial charge in [-0.05, 0) is 72.1 Å². The number of rotatable bonds is 1. The topological polar surface area (TPSA) is 62.3 Å². The summed E-state index contributed by atoms with van der Waals surface area (Å²) in [6.45, 7) is 16.8. The van der Waals surface area contributed by atoms with Crippen LogP contribution in [0.15, 0.2) is 18.2 Å². The smallest absolute Gasteiger partial charge is 0.410 e. The second kappa shape index (κ2) is 8.60. The maximum atomic E-state index is 12.7. The molecule has 2 amide bonds. The molecular weight excluding hydrogens is 394 g/mol. The summed E-state index contributed by atoms with van der Waals surface area (Å²) >= 11 is 0. The number of hydrogen-bond acceptors (Lipinski definition) is 5. The van der Waals surface area contributed by atoms with Crippen molar-refractivity contribution in [2.75, 3.05) is 31.1 Å². The number of anilines is 1. The van der Waals surface area contributed by atoms with Crippen molar-refractivity contribution in [2.24, 2.45) is 0 Å². The van der Waals surface area contributed by atoms with E-state index in [0.717, 1.165) is 25.1 Å². The summed E-state index contributed by atoms with van der Waals surface area (Å²) in [5.74, 6) is 0. The minimum Gasteiger partial charge on any atom is -0.444 e. The second-order valence-corrected chi connectivity index (χ2v) is 10.5. The molecule has 172 valence electrons. The van der Waals surface area contributed by atoms with Crippen molar-refractivity contribution in [3.05, 3.63) is 29.3 Å². The molecule has 7 heteroatoms. The quantitative estimate of drug-likeness (QED) is 0.658. The molecule has 0 aliphatic carbocycles. The van der Waals surface area contributed by atoms with E-state index in [-0.39, 0.29) is 18.2 Å². The second-order valence-electron chi connectivity index (χ2n) is 10.5. The molecule has 1 saturated heterocycles. The first-order valence-corrected chi connectivity index (χ1v) is 11.2. The van der Waals surface area contributed by atoms with E-state index >= 15 is 0 Å². The zero-order valence-corrected chi connectivity index (χ0v) is 20.0. The zero-order valence-electron chi connectivity index (χ0n) is 20.0. The molecule has 31 heavy (non-hydrogen) atoms. The molecule has 0 radical (unpaired) electrons. The normalized spacial score (nSPS) is 19.7. The number of hydrogen-bond donors (Lipinski definition) is 0. The lowest BCUT2D eigenvalue weighted by Crippen LogP contribution is -2.51. The maximum absolute atomic E-state index is 12.7. The summed E-state index contributed by atoms with van der Waals surface area (Å²) < 4.78 is 11.1. The van der Waals surface area contributed by atoms with Gasteiger partial charge in [-0.15, -0.1) is 0 Å². The van der Waals surface area contributed by atoms with E-state index in [2.05, 4.69) is 30.0 Å². The predicted octanol–water partition coefficient (Wildman–Crippen LogP) is 4.43. The van der Waals surface area contributed by atoms with Gasteiger partial charge in [0.05, 0.1) is 0 Å². The highest BCUT2D eigenvalue weighted by Gasteiger charge is 2.33. The van der Waals surface area contributed by atoms with Crippen molar-refractivity contribution in [1.29, 1.82) is 0 Å². The number of fused-ring (bicyclic) bond motifs is 1. The monoisotopic (exact) mass is 431 g/mol. The molecule has 0 aromatic heterocycles. The maximum Gasteiger partial charge on any atom is 0.410 e. The number of benzene rings is 1. The highest BCUT2D eigenvalue weighted by atomic mass is 16.6. The van der Waals surface area contributed by atoms with Gasteiger partial charge in [0.25, 0.3) is 0 Å². The first kappa shape index (κ1) is 23.2. The van der Waals surface area contributed by atoms with Crippen molar-refractivity contribution < 1.29 is 19.1 Å². The Labute approximate surface area is 186 Å². The third-order valence-electron chi connectivity index (χ3n) is 5.52. The third-order valence-corrected chi connectivity index (χ3v) is 5.52. The summed E-state index contributed by atoms with van der Waals surface area (Å²) in [4.78, 5) is 31.0. The van der Waals surface area contributed by atoms with Crippen LogP contribution in [0.5, 0.6) is 0 Å². The Balaban J connectivity index is 1.69. The van der Waals surface area contributed by atoms with Crippen LogP contribution in [0.2, 0.25) is 0 Å². The first-order chi connectivity index (χ1) is 14.3. The predicted molar refractivity (Wildman–Crippen MR) is 121 cm³/mol. The van der Waals surface area contributed by atoms with Crippen LogP contribution in [0.3, 0.4) is 0 Å². The van der Waals surface area contributed by atoms with Crippen molar-refractivity contribution in [3.8, 4) is 0 Å². The molecule has 0 saturated carbocycles. The number of nitrogens with zero attached hydrogens (tertiary/aromatic N) is 3. The van der Waals surface area contributed by atoms with Crippen LogP contribution < -0.4 is 4.90 Å². The Morgan fingerprint density at radius 3 is 2.06 bits per heavy atom. The van der Waals surface area contributed by atoms with Crippen LogP contribution >= 0.6 is 0 Å². The van der Waals surface area contributed by atoms with Gasteiger partial charge in [0.15, 0.2) is 0 Å². The molecule has 2 aliphatic rings. The Morgan fingerprint density at radius 1 is 0.903 bits per heavy atom. The summed E-state index contributed by atoms with van der Waals surface area (Å²) in [6.07, 6.45) is 0.280. The lowest BCUT2D eigenvalue weighted by atomic mass is 9.92. The van der Waals surface area contributed by atoms with Crippen molar-refractivity contribution in [1.82, 2.24) is 9.80 Å². The molecule has 3 rings (SSSR count). The number of carbonyl (C=O) groups excluding carboxylic acids is 2. The number of ether oxygens (including phenoxy) is 2. The van der Waals surface area contributed by atoms with Crippen LogP contribution in [-0.4, -0.2) is 65.4 Å². The number of amides is 2. The minimum absolute atomic E-state index is 0.0616. The first-order valence-electron chi connectivity index (χ1n) is 11.2. The van der Waals surface area contributed by atoms with Crippen LogP contribution in [0.1, 0.15) is 59.6 Å². The summed E-state index contributed by atoms with van der Waals surface area (Å²) in [5.41, 5.74) is 2.67. The molecule has 7 nitrogen and oxygen atoms in total. The van der Waals surface area contributed by atoms with E-state index < -0.39 is 11.2 Å². The SMILES string of the molecule is CC1Cc2c(cccc2N2CCN(C(=O)OC(C)(C)C)CC2)CN1C(=O)OC(C)(C)C. The van der Waals surface area contributed by atoms with Gasteiger partial charge < -0.3 is 24.2 Å². The lowest BCUT2D eigenvalue weighted by molar-refractivity contribution is 0.0138. The van der Waals surface area contributed by atoms with Crippen LogP contribution in [-0.2, 0) is 22.4 Å². The van der Waals surface area contributed by atoms with E-state index in [1.165, 1.54) is 11.3 Å². The van der Waals surface area contributed by atoms with Crippen molar-refractivity contribution >= 4 is 17.9 Å². The van der Waals surface area contributed by atoms with Gasteiger partial charge in [-0.2, -0.15) is 0 Å². The average molecular weight is 432 g/mol. The molecule has 0 spiro atoms. The van der Waals surface area contributed by atoms with Gasteiger partial charge in [0.2, 0.25) is 0 Å². The van der Waals surface area contributed by atoms with Crippen molar-refractivity contribution in [2.45, 2.75) is 78.7 Å². The fraction of sp³-hybridized carbons (Fsp3) is 0.667. The van der Waals surface area contributed by atoms with E-state index in [0.29, 0.717) is 19.6 Å². The minimum atomic E-state index is -0.507. The largest absolute Gasteiger partial charge is 0.444 e. The van der Waals surface area contributed by atoms with Crippen LogP contribution in [0.4, 0.5) is 15.3 Å². The molecule has 0 bridgehead atoms. The summed E-state index contributed by atoms with van der Waals surface area (Å²) in [6, 6.07) is 6.36. The van der Waals surface area contributed by atoms with E-state index in [4.69, 9.17) is 9.47 Å². The van der Waals surface area contributed by atoms with Crippen molar-refractivity contribution in [3.63, 3.8) is 0 Å². The van der Waals surface area contributed by atoms with E-state index in [9.17, 15) is 9.59 Å². The van der Waals surface area contributed by atoms with E-state index in [1.807, 2.05) is 46.4 Å². The van der Waals surface area contributed by atoms with Gasteiger partial charge in [0.1, 0.15) is 11.2 Å². The molecular formula is C24H37N3O4. The molecule has 1 aromatic rings. The lowest BCUT2D eigenvalue weighted by Gasteiger charge is -2.40. The fourth-order valence-electron chi connectivity index (χ4n) is 4.07. The van der Waals surface area contributed by atoms with Crippen LogP contribution in [0, 0.1) is 0 Å². The molecule has 1 atom stereocenters. The Hall–Kier alpha value is -2.44. The summed E-state index contributed by atoms with van der Waals surface area (Å²) in [5, 5.41) is 0. The molecule has 1 unspecified atom stereocenters. The van der Waals surface area contributed by atoms with Gasteiger partial charge >= 0.3 is 12.2 Å². The van der Waals surface area contributed by atoms with Gasteiger partial charge in [-0.1, -0.05) is 12.1 Å². The molecule has 0 N–H and O–H groups in total. The highest BCUT2D eigenvalue weighted by molar-refractivity contribution is 5.71. The number of carbonyl (C=O) groups is 2. The molecule has 2 aliphatic heterocycles. The van der Waals surface area contributed by atoms with E-state index in [1.54, 1.807) is 4.90 Å². The summed E-state index contributed by atoms with van der Waals surface area (Å²) in [7, 11) is 0. The standard InChI is InChI=1S/C24H37N3O4/c1-17-15-19-18(16-27(17)22(29)31-24(5,6)7)9-8-10-20(19)25-11-13-26(14-12-25)21(28)30-23(2,3)4/h8-10,17H,11-16H2,1-7H3. The average Bonchev–Trinajstić information content (AvgIpc) is 2.64. The fourth-order valence-corrected chi connectivity index (χ4v) is 4.07. The Bertz CT molecular complexity index is 817. The molecule has 1 aromatic carbocycles. The van der Waals surface area contributed by atoms with Crippen LogP contribution in [0.25, 0.3) is 0 Å². The van der Waals surface area contributed by atoms with Gasteiger partial charge in [-0.3, -0.25) is 0 Å². The Morgan fingerprint density at radius 2 is 1.48 bits per heavy atom. The zero-order chi connectivity index (χ0) is 23.0.